The van der Waals surface area contributed by atoms with Crippen molar-refractivity contribution in [2.45, 2.75) is 26.3 Å². The first-order valence-corrected chi connectivity index (χ1v) is 7.07. The maximum Gasteiger partial charge on any atom is 0.0483 e. The second kappa shape index (κ2) is 5.04. The average molecular weight is 264 g/mol. The topological polar surface area (TPSA) is 30.9 Å². The highest BCUT2D eigenvalue weighted by Crippen LogP contribution is 2.23. The largest absolute Gasteiger partial charge is 0.399 e. The molecule has 20 heavy (non-hydrogen) atoms. The predicted molar refractivity (Wildman–Crippen MR) is 86.0 cm³/mol. The van der Waals surface area contributed by atoms with Crippen molar-refractivity contribution in [1.29, 1.82) is 0 Å². The van der Waals surface area contributed by atoms with E-state index in [2.05, 4.69) is 61.0 Å². The van der Waals surface area contributed by atoms with Crippen molar-refractivity contribution in [3.05, 3.63) is 65.9 Å². The van der Waals surface area contributed by atoms with Gasteiger partial charge in [0.1, 0.15) is 0 Å². The summed E-state index contributed by atoms with van der Waals surface area (Å²) in [5.74, 6) is 0.569. The molecule has 3 aromatic rings. The molecule has 0 aliphatic rings. The summed E-state index contributed by atoms with van der Waals surface area (Å²) in [7, 11) is 0. The Hall–Kier alpha value is -2.22. The minimum absolute atomic E-state index is 0.569. The Morgan fingerprint density at radius 2 is 1.75 bits per heavy atom. The Morgan fingerprint density at radius 1 is 1.00 bits per heavy atom. The molecule has 0 amide bonds. The zero-order valence-electron chi connectivity index (χ0n) is 12.0. The number of anilines is 1. The Labute approximate surface area is 119 Å². The standard InChI is InChI=1S/C18H20N2/c1-13(2)15-5-8-18-16(11-15)9-10-20(18)12-14-3-6-17(19)7-4-14/h3-11,13H,12,19H2,1-2H3. The van der Waals surface area contributed by atoms with Crippen LogP contribution in [-0.2, 0) is 6.54 Å². The third-order valence-electron chi connectivity index (χ3n) is 3.79. The molecular weight excluding hydrogens is 244 g/mol. The number of aromatic nitrogens is 1. The highest BCUT2D eigenvalue weighted by atomic mass is 14.9. The summed E-state index contributed by atoms with van der Waals surface area (Å²) in [6.07, 6.45) is 2.16. The van der Waals surface area contributed by atoms with Crippen molar-refractivity contribution in [3.8, 4) is 0 Å². The van der Waals surface area contributed by atoms with E-state index < -0.39 is 0 Å². The molecular formula is C18H20N2. The quantitative estimate of drug-likeness (QED) is 0.699. The van der Waals surface area contributed by atoms with Crippen LogP contribution in [0.3, 0.4) is 0 Å². The summed E-state index contributed by atoms with van der Waals surface area (Å²) in [6.45, 7) is 5.34. The number of nitrogen functional groups attached to an aromatic ring is 1. The van der Waals surface area contributed by atoms with Crippen LogP contribution >= 0.6 is 0 Å². The van der Waals surface area contributed by atoms with Gasteiger partial charge in [0.2, 0.25) is 0 Å². The lowest BCUT2D eigenvalue weighted by Crippen LogP contribution is -1.98. The fourth-order valence-electron chi connectivity index (χ4n) is 2.54. The van der Waals surface area contributed by atoms with Gasteiger partial charge in [-0.2, -0.15) is 0 Å². The summed E-state index contributed by atoms with van der Waals surface area (Å²) in [5, 5.41) is 1.31. The predicted octanol–water partition coefficient (Wildman–Crippen LogP) is 4.40. The van der Waals surface area contributed by atoms with Gasteiger partial charge in [-0.05, 0) is 52.8 Å². The molecule has 0 spiro atoms. The summed E-state index contributed by atoms with van der Waals surface area (Å²) >= 11 is 0. The van der Waals surface area contributed by atoms with Crippen LogP contribution in [0.4, 0.5) is 5.69 Å². The molecule has 0 atom stereocenters. The molecule has 0 aliphatic heterocycles. The van der Waals surface area contributed by atoms with Crippen LogP contribution in [0.15, 0.2) is 54.7 Å². The lowest BCUT2D eigenvalue weighted by atomic mass is 10.0. The number of rotatable bonds is 3. The van der Waals surface area contributed by atoms with Gasteiger partial charge in [-0.1, -0.05) is 32.0 Å². The van der Waals surface area contributed by atoms with Gasteiger partial charge < -0.3 is 10.3 Å². The van der Waals surface area contributed by atoms with E-state index in [0.717, 1.165) is 12.2 Å². The second-order valence-corrected chi connectivity index (χ2v) is 5.66. The van der Waals surface area contributed by atoms with E-state index >= 15 is 0 Å². The smallest absolute Gasteiger partial charge is 0.0483 e. The highest BCUT2D eigenvalue weighted by molar-refractivity contribution is 5.81. The van der Waals surface area contributed by atoms with Crippen LogP contribution in [0.5, 0.6) is 0 Å². The fraction of sp³-hybridized carbons (Fsp3) is 0.222. The number of hydrogen-bond donors (Lipinski definition) is 1. The third kappa shape index (κ3) is 2.42. The van der Waals surface area contributed by atoms with E-state index in [1.54, 1.807) is 0 Å². The molecule has 1 aromatic heterocycles. The van der Waals surface area contributed by atoms with Crippen molar-refractivity contribution >= 4 is 16.6 Å². The fourth-order valence-corrected chi connectivity index (χ4v) is 2.54. The third-order valence-corrected chi connectivity index (χ3v) is 3.79. The SMILES string of the molecule is CC(C)c1ccc2c(ccn2Cc2ccc(N)cc2)c1. The summed E-state index contributed by atoms with van der Waals surface area (Å²) in [4.78, 5) is 0. The zero-order valence-corrected chi connectivity index (χ0v) is 12.0. The summed E-state index contributed by atoms with van der Waals surface area (Å²) in [5.41, 5.74) is 10.5. The van der Waals surface area contributed by atoms with E-state index in [9.17, 15) is 0 Å². The van der Waals surface area contributed by atoms with Gasteiger partial charge in [-0.15, -0.1) is 0 Å². The first-order valence-electron chi connectivity index (χ1n) is 7.07. The Bertz CT molecular complexity index is 721. The lowest BCUT2D eigenvalue weighted by Gasteiger charge is -2.08. The molecule has 0 saturated heterocycles. The average Bonchev–Trinajstić information content (AvgIpc) is 2.84. The molecule has 2 N–H and O–H groups in total. The Morgan fingerprint density at radius 3 is 2.45 bits per heavy atom. The van der Waals surface area contributed by atoms with E-state index in [1.165, 1.54) is 22.0 Å². The number of hydrogen-bond acceptors (Lipinski definition) is 1. The van der Waals surface area contributed by atoms with Gasteiger partial charge in [-0.3, -0.25) is 0 Å². The van der Waals surface area contributed by atoms with Crippen molar-refractivity contribution in [3.63, 3.8) is 0 Å². The van der Waals surface area contributed by atoms with Crippen LogP contribution in [0, 0.1) is 0 Å². The lowest BCUT2D eigenvalue weighted by molar-refractivity contribution is 0.835. The maximum atomic E-state index is 5.73. The van der Waals surface area contributed by atoms with E-state index in [1.807, 2.05) is 12.1 Å². The maximum absolute atomic E-state index is 5.73. The van der Waals surface area contributed by atoms with Crippen molar-refractivity contribution in [1.82, 2.24) is 4.57 Å². The normalized spacial score (nSPS) is 11.3. The molecule has 0 saturated carbocycles. The van der Waals surface area contributed by atoms with E-state index in [4.69, 9.17) is 5.73 Å². The number of nitrogens with two attached hydrogens (primary N) is 1. The highest BCUT2D eigenvalue weighted by Gasteiger charge is 2.05. The van der Waals surface area contributed by atoms with Gasteiger partial charge >= 0.3 is 0 Å². The minimum Gasteiger partial charge on any atom is -0.399 e. The second-order valence-electron chi connectivity index (χ2n) is 5.66. The summed E-state index contributed by atoms with van der Waals surface area (Å²) < 4.78 is 2.28. The van der Waals surface area contributed by atoms with Gasteiger partial charge in [-0.25, -0.2) is 0 Å². The molecule has 2 nitrogen and oxygen atoms in total. The minimum atomic E-state index is 0.569. The van der Waals surface area contributed by atoms with Crippen LogP contribution in [0.25, 0.3) is 10.9 Å². The number of benzene rings is 2. The van der Waals surface area contributed by atoms with Gasteiger partial charge in [0, 0.05) is 23.9 Å². The zero-order chi connectivity index (χ0) is 14.1. The van der Waals surface area contributed by atoms with Crippen molar-refractivity contribution in [2.24, 2.45) is 0 Å². The van der Waals surface area contributed by atoms with Crippen LogP contribution in [0.2, 0.25) is 0 Å². The molecule has 1 heterocycles. The Balaban J connectivity index is 1.94. The van der Waals surface area contributed by atoms with Crippen LogP contribution < -0.4 is 5.73 Å². The molecule has 0 unspecified atom stereocenters. The molecule has 0 fully saturated rings. The van der Waals surface area contributed by atoms with Crippen molar-refractivity contribution in [2.75, 3.05) is 5.73 Å². The molecule has 102 valence electrons. The number of fused-ring (bicyclic) bond motifs is 1. The molecule has 0 bridgehead atoms. The van der Waals surface area contributed by atoms with E-state index in [-0.39, 0.29) is 0 Å². The number of nitrogens with zero attached hydrogens (tertiary/aromatic N) is 1. The summed E-state index contributed by atoms with van der Waals surface area (Å²) in [6, 6.07) is 17.0. The molecule has 0 aliphatic carbocycles. The van der Waals surface area contributed by atoms with Gasteiger partial charge in [0.25, 0.3) is 0 Å². The molecule has 3 rings (SSSR count). The first-order chi connectivity index (χ1) is 9.63. The van der Waals surface area contributed by atoms with Gasteiger partial charge in [0.05, 0.1) is 0 Å². The van der Waals surface area contributed by atoms with E-state index in [0.29, 0.717) is 5.92 Å². The Kier molecular flexibility index (Phi) is 3.23. The monoisotopic (exact) mass is 264 g/mol. The van der Waals surface area contributed by atoms with Crippen LogP contribution in [-0.4, -0.2) is 4.57 Å². The van der Waals surface area contributed by atoms with Gasteiger partial charge in [0.15, 0.2) is 0 Å². The van der Waals surface area contributed by atoms with Crippen molar-refractivity contribution < 1.29 is 0 Å². The molecule has 0 radical (unpaired) electrons. The molecule has 2 aromatic carbocycles. The van der Waals surface area contributed by atoms with Crippen LogP contribution in [0.1, 0.15) is 30.9 Å². The molecule has 2 heteroatoms. The first kappa shape index (κ1) is 12.8.